The second kappa shape index (κ2) is 7.37. The molecule has 0 unspecified atom stereocenters. The normalized spacial score (nSPS) is 10.8. The molecule has 0 bridgehead atoms. The third-order valence-corrected chi connectivity index (χ3v) is 3.26. The van der Waals surface area contributed by atoms with E-state index in [-0.39, 0.29) is 0 Å². The zero-order chi connectivity index (χ0) is 12.7. The number of hydrogen-bond acceptors (Lipinski definition) is 5. The Hall–Kier alpha value is -0.970. The highest BCUT2D eigenvalue weighted by Gasteiger charge is 2.12. The van der Waals surface area contributed by atoms with Gasteiger partial charge in [0.15, 0.2) is 0 Å². The van der Waals surface area contributed by atoms with E-state index >= 15 is 0 Å². The fourth-order valence-electron chi connectivity index (χ4n) is 1.70. The molecule has 4 nitrogen and oxygen atoms in total. The summed E-state index contributed by atoms with van der Waals surface area (Å²) in [6, 6.07) is 0. The number of nitrogen functional groups attached to an aromatic ring is 1. The van der Waals surface area contributed by atoms with E-state index in [0.29, 0.717) is 11.7 Å². The Bertz CT molecular complexity index is 341. The quantitative estimate of drug-likeness (QED) is 0.733. The van der Waals surface area contributed by atoms with Crippen LogP contribution in [0.5, 0.6) is 0 Å². The van der Waals surface area contributed by atoms with Gasteiger partial charge >= 0.3 is 0 Å². The molecule has 1 aromatic rings. The van der Waals surface area contributed by atoms with E-state index in [0.717, 1.165) is 24.3 Å². The first-order valence-corrected chi connectivity index (χ1v) is 7.39. The molecule has 17 heavy (non-hydrogen) atoms. The van der Waals surface area contributed by atoms with Crippen LogP contribution >= 0.6 is 11.8 Å². The molecule has 0 saturated carbocycles. The summed E-state index contributed by atoms with van der Waals surface area (Å²) in [6.07, 6.45) is 6.04. The van der Waals surface area contributed by atoms with Crippen LogP contribution in [-0.4, -0.2) is 28.5 Å². The van der Waals surface area contributed by atoms with Crippen LogP contribution in [0.15, 0.2) is 6.33 Å². The summed E-state index contributed by atoms with van der Waals surface area (Å²) in [5, 5.41) is 3.35. The zero-order valence-electron chi connectivity index (χ0n) is 10.9. The van der Waals surface area contributed by atoms with Crippen LogP contribution in [0.4, 0.5) is 11.6 Å². The van der Waals surface area contributed by atoms with Gasteiger partial charge in [-0.05, 0) is 30.8 Å². The summed E-state index contributed by atoms with van der Waals surface area (Å²) >= 11 is 1.88. The van der Waals surface area contributed by atoms with Gasteiger partial charge in [-0.25, -0.2) is 9.97 Å². The summed E-state index contributed by atoms with van der Waals surface area (Å²) < 4.78 is 0. The van der Waals surface area contributed by atoms with Gasteiger partial charge in [-0.3, -0.25) is 0 Å². The zero-order valence-corrected chi connectivity index (χ0v) is 11.7. The maximum absolute atomic E-state index is 5.88. The number of rotatable bonds is 7. The van der Waals surface area contributed by atoms with Gasteiger partial charge in [-0.15, -0.1) is 0 Å². The van der Waals surface area contributed by atoms with Crippen LogP contribution in [0, 0.1) is 0 Å². The van der Waals surface area contributed by atoms with Crippen molar-refractivity contribution in [1.82, 2.24) is 9.97 Å². The summed E-state index contributed by atoms with van der Waals surface area (Å²) in [5.74, 6) is 3.02. The lowest BCUT2D eigenvalue weighted by atomic mass is 10.0. The minimum Gasteiger partial charge on any atom is -0.383 e. The third-order valence-electron chi connectivity index (χ3n) is 2.56. The van der Waals surface area contributed by atoms with E-state index in [1.165, 1.54) is 18.5 Å². The van der Waals surface area contributed by atoms with Crippen molar-refractivity contribution < 1.29 is 0 Å². The standard InChI is InChI=1S/C12H22N4S/c1-9(2)10-11(13)15-8-16-12(10)14-6-4-5-7-17-3/h8-9H,4-7H2,1-3H3,(H3,13,14,15,16). The van der Waals surface area contributed by atoms with Crippen LogP contribution in [-0.2, 0) is 0 Å². The summed E-state index contributed by atoms with van der Waals surface area (Å²) in [6.45, 7) is 5.15. The van der Waals surface area contributed by atoms with Gasteiger partial charge in [0.05, 0.1) is 0 Å². The smallest absolute Gasteiger partial charge is 0.134 e. The Balaban J connectivity index is 2.55. The van der Waals surface area contributed by atoms with Gasteiger partial charge in [0, 0.05) is 12.1 Å². The number of hydrogen-bond donors (Lipinski definition) is 2. The summed E-state index contributed by atoms with van der Waals surface area (Å²) in [5.41, 5.74) is 6.91. The van der Waals surface area contributed by atoms with Crippen LogP contribution < -0.4 is 11.1 Å². The molecular weight excluding hydrogens is 232 g/mol. The molecule has 5 heteroatoms. The first-order valence-electron chi connectivity index (χ1n) is 6.00. The molecule has 0 atom stereocenters. The fraction of sp³-hybridized carbons (Fsp3) is 0.667. The molecule has 0 saturated heterocycles. The van der Waals surface area contributed by atoms with Crippen molar-refractivity contribution in [3.05, 3.63) is 11.9 Å². The largest absolute Gasteiger partial charge is 0.383 e. The SMILES string of the molecule is CSCCCCNc1ncnc(N)c1C(C)C. The van der Waals surface area contributed by atoms with E-state index in [2.05, 4.69) is 35.4 Å². The lowest BCUT2D eigenvalue weighted by molar-refractivity contribution is 0.819. The van der Waals surface area contributed by atoms with E-state index in [4.69, 9.17) is 5.73 Å². The number of aromatic nitrogens is 2. The van der Waals surface area contributed by atoms with Gasteiger partial charge in [-0.2, -0.15) is 11.8 Å². The second-order valence-electron chi connectivity index (χ2n) is 4.30. The predicted octanol–water partition coefficient (Wildman–Crippen LogP) is 2.74. The molecule has 0 aliphatic rings. The molecule has 0 aromatic carbocycles. The Kier molecular flexibility index (Phi) is 6.11. The number of thioether (sulfide) groups is 1. The van der Waals surface area contributed by atoms with Crippen LogP contribution in [0.3, 0.4) is 0 Å². The summed E-state index contributed by atoms with van der Waals surface area (Å²) in [7, 11) is 0. The Morgan fingerprint density at radius 1 is 1.35 bits per heavy atom. The molecule has 1 rings (SSSR count). The molecule has 0 amide bonds. The van der Waals surface area contributed by atoms with E-state index in [9.17, 15) is 0 Å². The molecule has 0 spiro atoms. The van der Waals surface area contributed by atoms with Gasteiger partial charge in [0.2, 0.25) is 0 Å². The van der Waals surface area contributed by atoms with Gasteiger partial charge < -0.3 is 11.1 Å². The third kappa shape index (κ3) is 4.42. The van der Waals surface area contributed by atoms with Crippen LogP contribution in [0.25, 0.3) is 0 Å². The molecule has 1 aromatic heterocycles. The van der Waals surface area contributed by atoms with Crippen LogP contribution in [0.1, 0.15) is 38.2 Å². The number of nitrogens with one attached hydrogen (secondary N) is 1. The Morgan fingerprint density at radius 2 is 2.12 bits per heavy atom. The summed E-state index contributed by atoms with van der Waals surface area (Å²) in [4.78, 5) is 8.31. The monoisotopic (exact) mass is 254 g/mol. The molecular formula is C12H22N4S. The molecule has 0 radical (unpaired) electrons. The molecule has 96 valence electrons. The van der Waals surface area contributed by atoms with Crippen molar-refractivity contribution >= 4 is 23.4 Å². The lowest BCUT2D eigenvalue weighted by Crippen LogP contribution is -2.10. The van der Waals surface area contributed by atoms with Gasteiger partial charge in [0.25, 0.3) is 0 Å². The topological polar surface area (TPSA) is 63.8 Å². The van der Waals surface area contributed by atoms with Crippen molar-refractivity contribution in [2.75, 3.05) is 29.6 Å². The molecule has 0 aliphatic carbocycles. The molecule has 1 heterocycles. The van der Waals surface area contributed by atoms with Gasteiger partial charge in [-0.1, -0.05) is 13.8 Å². The first-order chi connectivity index (χ1) is 8.16. The average Bonchev–Trinajstić information content (AvgIpc) is 2.28. The maximum Gasteiger partial charge on any atom is 0.134 e. The lowest BCUT2D eigenvalue weighted by Gasteiger charge is -2.14. The fourth-order valence-corrected chi connectivity index (χ4v) is 2.19. The highest BCUT2D eigenvalue weighted by atomic mass is 32.2. The van der Waals surface area contributed by atoms with E-state index in [1.54, 1.807) is 0 Å². The minimum absolute atomic E-state index is 0.338. The number of unbranched alkanes of at least 4 members (excludes halogenated alkanes) is 1. The first kappa shape index (κ1) is 14.1. The molecule has 0 fully saturated rings. The number of anilines is 2. The molecule has 0 aliphatic heterocycles. The maximum atomic E-state index is 5.88. The van der Waals surface area contributed by atoms with Crippen molar-refractivity contribution in [2.45, 2.75) is 32.6 Å². The van der Waals surface area contributed by atoms with Crippen molar-refractivity contribution in [3.63, 3.8) is 0 Å². The number of nitrogens with zero attached hydrogens (tertiary/aromatic N) is 2. The highest BCUT2D eigenvalue weighted by Crippen LogP contribution is 2.26. The van der Waals surface area contributed by atoms with Crippen molar-refractivity contribution in [2.24, 2.45) is 0 Å². The van der Waals surface area contributed by atoms with Crippen molar-refractivity contribution in [3.8, 4) is 0 Å². The Labute approximate surface area is 108 Å². The minimum atomic E-state index is 0.338. The number of nitrogens with two attached hydrogens (primary N) is 1. The average molecular weight is 254 g/mol. The van der Waals surface area contributed by atoms with Gasteiger partial charge in [0.1, 0.15) is 18.0 Å². The van der Waals surface area contributed by atoms with Crippen molar-refractivity contribution in [1.29, 1.82) is 0 Å². The van der Waals surface area contributed by atoms with E-state index < -0.39 is 0 Å². The predicted molar refractivity (Wildman–Crippen MR) is 76.6 cm³/mol. The molecule has 3 N–H and O–H groups in total. The second-order valence-corrected chi connectivity index (χ2v) is 5.29. The highest BCUT2D eigenvalue weighted by molar-refractivity contribution is 7.98. The Morgan fingerprint density at radius 3 is 2.76 bits per heavy atom. The van der Waals surface area contributed by atoms with E-state index in [1.807, 2.05) is 11.8 Å². The van der Waals surface area contributed by atoms with Crippen LogP contribution in [0.2, 0.25) is 0 Å².